The molecule has 4 heteroatoms. The summed E-state index contributed by atoms with van der Waals surface area (Å²) < 4.78 is 5.86. The Balaban J connectivity index is 2.47. The molecular weight excluding hydrogens is 332 g/mol. The van der Waals surface area contributed by atoms with Crippen LogP contribution < -0.4 is 5.43 Å². The van der Waals surface area contributed by atoms with Crippen LogP contribution in [0.3, 0.4) is 0 Å². The molecule has 0 spiro atoms. The molecule has 1 heterocycles. The Morgan fingerprint density at radius 3 is 2.48 bits per heavy atom. The minimum atomic E-state index is -0.221. The van der Waals surface area contributed by atoms with Crippen LogP contribution in [0.1, 0.15) is 17.5 Å². The summed E-state index contributed by atoms with van der Waals surface area (Å²) in [6, 6.07) is 14.2. The lowest BCUT2D eigenvalue weighted by atomic mass is 10.0. The van der Waals surface area contributed by atoms with Crippen LogP contribution in [0, 0.1) is 0 Å². The van der Waals surface area contributed by atoms with E-state index in [1.165, 1.54) is 6.07 Å². The lowest BCUT2D eigenvalue weighted by Gasteiger charge is -2.12. The maximum atomic E-state index is 12.8. The quantitative estimate of drug-likeness (QED) is 0.690. The highest BCUT2D eigenvalue weighted by Gasteiger charge is 2.20. The van der Waals surface area contributed by atoms with Gasteiger partial charge in [-0.3, -0.25) is 4.79 Å². The first kappa shape index (κ1) is 13.9. The zero-order chi connectivity index (χ0) is 15.0. The van der Waals surface area contributed by atoms with Crippen LogP contribution in [-0.4, -0.2) is 5.11 Å². The molecule has 106 valence electrons. The standard InChI is InChI=1S/C17H13BrO3/c1-10(18)17-14(11-6-3-2-4-7-11)16(20)15-12(19)8-5-9-13(15)21-17/h2-10,19H,1H3. The summed E-state index contributed by atoms with van der Waals surface area (Å²) in [5, 5.41) is 10.2. The topological polar surface area (TPSA) is 50.4 Å². The number of aromatic hydroxyl groups is 1. The zero-order valence-corrected chi connectivity index (χ0v) is 12.9. The first-order valence-corrected chi connectivity index (χ1v) is 7.49. The third-order valence-electron chi connectivity index (χ3n) is 3.35. The molecule has 0 aliphatic rings. The van der Waals surface area contributed by atoms with Crippen molar-refractivity contribution in [3.8, 4) is 16.9 Å². The molecule has 0 bridgehead atoms. The zero-order valence-electron chi connectivity index (χ0n) is 11.3. The van der Waals surface area contributed by atoms with Gasteiger partial charge in [-0.15, -0.1) is 0 Å². The molecule has 0 aliphatic heterocycles. The summed E-state index contributed by atoms with van der Waals surface area (Å²) >= 11 is 3.47. The van der Waals surface area contributed by atoms with E-state index in [0.29, 0.717) is 16.9 Å². The molecule has 0 radical (unpaired) electrons. The van der Waals surface area contributed by atoms with Crippen LogP contribution in [0.5, 0.6) is 5.75 Å². The van der Waals surface area contributed by atoms with Crippen molar-refractivity contribution in [2.24, 2.45) is 0 Å². The lowest BCUT2D eigenvalue weighted by Crippen LogP contribution is -2.09. The summed E-state index contributed by atoms with van der Waals surface area (Å²) in [6.07, 6.45) is 0. The number of hydrogen-bond donors (Lipinski definition) is 1. The minimum absolute atomic E-state index is 0.0628. The van der Waals surface area contributed by atoms with Gasteiger partial charge in [-0.2, -0.15) is 0 Å². The van der Waals surface area contributed by atoms with Crippen LogP contribution in [0.15, 0.2) is 57.7 Å². The SMILES string of the molecule is CC(Br)c1oc2cccc(O)c2c(=O)c1-c1ccccc1. The number of benzene rings is 2. The average molecular weight is 345 g/mol. The molecule has 1 aromatic heterocycles. The highest BCUT2D eigenvalue weighted by molar-refractivity contribution is 9.09. The van der Waals surface area contributed by atoms with Crippen LogP contribution in [0.2, 0.25) is 0 Å². The van der Waals surface area contributed by atoms with Crippen LogP contribution >= 0.6 is 15.9 Å². The molecule has 1 atom stereocenters. The summed E-state index contributed by atoms with van der Waals surface area (Å²) in [5.41, 5.74) is 1.43. The summed E-state index contributed by atoms with van der Waals surface area (Å²) in [6.45, 7) is 1.90. The van der Waals surface area contributed by atoms with Crippen molar-refractivity contribution >= 4 is 26.9 Å². The summed E-state index contributed by atoms with van der Waals surface area (Å²) in [5.74, 6) is 0.497. The van der Waals surface area contributed by atoms with E-state index >= 15 is 0 Å². The van der Waals surface area contributed by atoms with Gasteiger partial charge in [0.25, 0.3) is 0 Å². The third-order valence-corrected chi connectivity index (χ3v) is 3.76. The molecule has 3 rings (SSSR count). The first-order valence-electron chi connectivity index (χ1n) is 6.57. The number of rotatable bonds is 2. The van der Waals surface area contributed by atoms with Crippen LogP contribution in [0.25, 0.3) is 22.1 Å². The van der Waals surface area contributed by atoms with Crippen LogP contribution in [0.4, 0.5) is 0 Å². The number of fused-ring (bicyclic) bond motifs is 1. The van der Waals surface area contributed by atoms with E-state index < -0.39 is 0 Å². The van der Waals surface area contributed by atoms with Gasteiger partial charge in [-0.05, 0) is 24.6 Å². The van der Waals surface area contributed by atoms with Crippen molar-refractivity contribution in [3.63, 3.8) is 0 Å². The van der Waals surface area contributed by atoms with E-state index in [1.54, 1.807) is 12.1 Å². The van der Waals surface area contributed by atoms with Gasteiger partial charge in [0.15, 0.2) is 0 Å². The number of alkyl halides is 1. The van der Waals surface area contributed by atoms with Crippen molar-refractivity contribution in [1.29, 1.82) is 0 Å². The van der Waals surface area contributed by atoms with E-state index in [-0.39, 0.29) is 21.4 Å². The van der Waals surface area contributed by atoms with Gasteiger partial charge in [0.2, 0.25) is 5.43 Å². The molecular formula is C17H13BrO3. The molecule has 21 heavy (non-hydrogen) atoms. The van der Waals surface area contributed by atoms with Gasteiger partial charge in [-0.1, -0.05) is 52.3 Å². The fourth-order valence-electron chi connectivity index (χ4n) is 2.40. The van der Waals surface area contributed by atoms with Crippen molar-refractivity contribution in [2.45, 2.75) is 11.8 Å². The maximum absolute atomic E-state index is 12.8. The smallest absolute Gasteiger partial charge is 0.204 e. The molecule has 2 aromatic carbocycles. The first-order chi connectivity index (χ1) is 10.1. The van der Waals surface area contributed by atoms with Gasteiger partial charge in [0.1, 0.15) is 22.5 Å². The Morgan fingerprint density at radius 1 is 1.10 bits per heavy atom. The van der Waals surface area contributed by atoms with E-state index in [9.17, 15) is 9.90 Å². The fraction of sp³-hybridized carbons (Fsp3) is 0.118. The van der Waals surface area contributed by atoms with Gasteiger partial charge in [-0.25, -0.2) is 0 Å². The second-order valence-electron chi connectivity index (χ2n) is 4.80. The highest BCUT2D eigenvalue weighted by Crippen LogP contribution is 2.34. The van der Waals surface area contributed by atoms with Crippen molar-refractivity contribution in [1.82, 2.24) is 0 Å². The van der Waals surface area contributed by atoms with E-state index in [4.69, 9.17) is 4.42 Å². The predicted octanol–water partition coefficient (Wildman–Crippen LogP) is 4.62. The Kier molecular flexibility index (Phi) is 3.55. The third kappa shape index (κ3) is 2.36. The Morgan fingerprint density at radius 2 is 1.81 bits per heavy atom. The number of phenols is 1. The molecule has 0 amide bonds. The lowest BCUT2D eigenvalue weighted by molar-refractivity contribution is 0.478. The summed E-state index contributed by atoms with van der Waals surface area (Å²) in [7, 11) is 0. The molecule has 3 nitrogen and oxygen atoms in total. The second kappa shape index (κ2) is 5.37. The predicted molar refractivity (Wildman–Crippen MR) is 86.9 cm³/mol. The molecule has 0 saturated heterocycles. The Labute approximate surface area is 130 Å². The monoisotopic (exact) mass is 344 g/mol. The van der Waals surface area contributed by atoms with Gasteiger partial charge in [0.05, 0.1) is 10.4 Å². The number of halogens is 1. The van der Waals surface area contributed by atoms with E-state index in [2.05, 4.69) is 15.9 Å². The molecule has 1 unspecified atom stereocenters. The Hall–Kier alpha value is -2.07. The Bertz CT molecular complexity index is 851. The maximum Gasteiger partial charge on any atom is 0.204 e. The van der Waals surface area contributed by atoms with E-state index in [1.807, 2.05) is 37.3 Å². The number of hydrogen-bond acceptors (Lipinski definition) is 3. The second-order valence-corrected chi connectivity index (χ2v) is 6.18. The number of phenolic OH excluding ortho intramolecular Hbond substituents is 1. The van der Waals surface area contributed by atoms with Crippen molar-refractivity contribution in [3.05, 3.63) is 64.5 Å². The molecule has 1 N–H and O–H groups in total. The normalized spacial score (nSPS) is 12.5. The van der Waals surface area contributed by atoms with Crippen LogP contribution in [-0.2, 0) is 0 Å². The van der Waals surface area contributed by atoms with E-state index in [0.717, 1.165) is 5.56 Å². The molecule has 0 aliphatic carbocycles. The van der Waals surface area contributed by atoms with Crippen molar-refractivity contribution in [2.75, 3.05) is 0 Å². The average Bonchev–Trinajstić information content (AvgIpc) is 2.47. The molecule has 0 saturated carbocycles. The van der Waals surface area contributed by atoms with Gasteiger partial charge >= 0.3 is 0 Å². The van der Waals surface area contributed by atoms with Gasteiger partial charge in [0, 0.05) is 0 Å². The minimum Gasteiger partial charge on any atom is -0.507 e. The van der Waals surface area contributed by atoms with Gasteiger partial charge < -0.3 is 9.52 Å². The fourth-order valence-corrected chi connectivity index (χ4v) is 2.72. The summed E-state index contributed by atoms with van der Waals surface area (Å²) in [4.78, 5) is 12.7. The molecule has 0 fully saturated rings. The highest BCUT2D eigenvalue weighted by atomic mass is 79.9. The largest absolute Gasteiger partial charge is 0.507 e. The molecule has 3 aromatic rings. The van der Waals surface area contributed by atoms with Crippen molar-refractivity contribution < 1.29 is 9.52 Å².